The van der Waals surface area contributed by atoms with Gasteiger partial charge >= 0.3 is 0 Å². The molecule has 0 aliphatic heterocycles. The summed E-state index contributed by atoms with van der Waals surface area (Å²) in [5.74, 6) is -0.0618. The molecule has 0 aliphatic rings. The Balaban J connectivity index is 1.85. The summed E-state index contributed by atoms with van der Waals surface area (Å²) >= 11 is 0. The van der Waals surface area contributed by atoms with Crippen molar-refractivity contribution in [2.45, 2.75) is 26.9 Å². The van der Waals surface area contributed by atoms with Crippen molar-refractivity contribution in [3.8, 4) is 0 Å². The van der Waals surface area contributed by atoms with E-state index in [-0.39, 0.29) is 12.5 Å². The van der Waals surface area contributed by atoms with E-state index in [0.29, 0.717) is 25.2 Å². The van der Waals surface area contributed by atoms with Crippen molar-refractivity contribution in [2.24, 2.45) is 0 Å². The highest BCUT2D eigenvalue weighted by Crippen LogP contribution is 2.19. The Morgan fingerprint density at radius 2 is 1.85 bits per heavy atom. The fourth-order valence-corrected chi connectivity index (χ4v) is 3.26. The second-order valence-electron chi connectivity index (χ2n) is 6.63. The zero-order valence-electron chi connectivity index (χ0n) is 15.8. The maximum absolute atomic E-state index is 13.2. The first kappa shape index (κ1) is 18.9. The number of hydrogen-bond acceptors (Lipinski definition) is 3. The fourth-order valence-electron chi connectivity index (χ4n) is 3.26. The second kappa shape index (κ2) is 8.64. The largest absolute Gasteiger partial charge is 0.395 e. The highest BCUT2D eigenvalue weighted by molar-refractivity contribution is 5.95. The third-order valence-corrected chi connectivity index (χ3v) is 4.72. The molecule has 140 valence electrons. The van der Waals surface area contributed by atoms with E-state index in [2.05, 4.69) is 9.55 Å². The lowest BCUT2D eigenvalue weighted by molar-refractivity contribution is 0.0707. The molecular formula is C22H25N3O2. The molecule has 5 nitrogen and oxygen atoms in total. The van der Waals surface area contributed by atoms with Crippen LogP contribution < -0.4 is 0 Å². The maximum Gasteiger partial charge on any atom is 0.256 e. The van der Waals surface area contributed by atoms with Gasteiger partial charge in [0.25, 0.3) is 5.91 Å². The number of aliphatic hydroxyl groups excluding tert-OH is 1. The van der Waals surface area contributed by atoms with Gasteiger partial charge in [-0.2, -0.15) is 0 Å². The minimum Gasteiger partial charge on any atom is -0.395 e. The van der Waals surface area contributed by atoms with E-state index in [4.69, 9.17) is 0 Å². The Kier molecular flexibility index (Phi) is 6.04. The molecule has 2 aromatic heterocycles. The molecule has 0 saturated carbocycles. The SMILES string of the molecule is Cc1cc(C(=O)N(CCO)Cc2ccccc2)c(C)n1Cc1ccccn1. The standard InChI is InChI=1S/C22H25N3O2/c1-17-14-21(18(2)25(17)16-20-10-6-7-11-23-20)22(27)24(12-13-26)15-19-8-4-3-5-9-19/h3-11,14,26H,12-13,15-16H2,1-2H3. The topological polar surface area (TPSA) is 58.4 Å². The Morgan fingerprint density at radius 1 is 1.11 bits per heavy atom. The van der Waals surface area contributed by atoms with Crippen molar-refractivity contribution in [3.63, 3.8) is 0 Å². The molecule has 5 heteroatoms. The number of aromatic nitrogens is 2. The number of hydrogen-bond donors (Lipinski definition) is 1. The van der Waals surface area contributed by atoms with Gasteiger partial charge in [-0.1, -0.05) is 36.4 Å². The Morgan fingerprint density at radius 3 is 2.52 bits per heavy atom. The predicted molar refractivity (Wildman–Crippen MR) is 106 cm³/mol. The van der Waals surface area contributed by atoms with E-state index in [9.17, 15) is 9.90 Å². The number of aliphatic hydroxyl groups is 1. The molecule has 0 saturated heterocycles. The molecule has 0 radical (unpaired) electrons. The molecule has 3 aromatic rings. The summed E-state index contributed by atoms with van der Waals surface area (Å²) in [7, 11) is 0. The first-order valence-corrected chi connectivity index (χ1v) is 9.11. The van der Waals surface area contributed by atoms with Gasteiger partial charge in [-0.15, -0.1) is 0 Å². The summed E-state index contributed by atoms with van der Waals surface area (Å²) in [4.78, 5) is 19.2. The summed E-state index contributed by atoms with van der Waals surface area (Å²) in [6.45, 7) is 5.31. The minimum atomic E-state index is -0.0642. The van der Waals surface area contributed by atoms with Gasteiger partial charge in [0.05, 0.1) is 24.4 Å². The number of rotatable bonds is 7. The van der Waals surface area contributed by atoms with Gasteiger partial charge in [0.2, 0.25) is 0 Å². The third-order valence-electron chi connectivity index (χ3n) is 4.72. The Labute approximate surface area is 159 Å². The number of carbonyl (C=O) groups excluding carboxylic acids is 1. The lowest BCUT2D eigenvalue weighted by Gasteiger charge is -2.22. The highest BCUT2D eigenvalue weighted by Gasteiger charge is 2.21. The maximum atomic E-state index is 13.2. The average molecular weight is 363 g/mol. The molecule has 0 fully saturated rings. The zero-order chi connectivity index (χ0) is 19.2. The summed E-state index contributed by atoms with van der Waals surface area (Å²) in [5, 5.41) is 9.43. The molecule has 1 aromatic carbocycles. The summed E-state index contributed by atoms with van der Waals surface area (Å²) in [6, 6.07) is 17.6. The van der Waals surface area contributed by atoms with Crippen LogP contribution in [0.3, 0.4) is 0 Å². The van der Waals surface area contributed by atoms with Crippen LogP contribution in [0.2, 0.25) is 0 Å². The fraction of sp³-hybridized carbons (Fsp3) is 0.273. The lowest BCUT2D eigenvalue weighted by atomic mass is 10.1. The van der Waals surface area contributed by atoms with Crippen molar-refractivity contribution in [1.82, 2.24) is 14.5 Å². The molecule has 27 heavy (non-hydrogen) atoms. The van der Waals surface area contributed by atoms with E-state index < -0.39 is 0 Å². The van der Waals surface area contributed by atoms with Crippen LogP contribution in [0, 0.1) is 13.8 Å². The van der Waals surface area contributed by atoms with Crippen LogP contribution in [-0.4, -0.2) is 38.6 Å². The van der Waals surface area contributed by atoms with E-state index in [1.165, 1.54) is 0 Å². The molecule has 0 atom stereocenters. The van der Waals surface area contributed by atoms with E-state index in [1.807, 2.05) is 68.4 Å². The second-order valence-corrected chi connectivity index (χ2v) is 6.63. The lowest BCUT2D eigenvalue weighted by Crippen LogP contribution is -2.33. The number of aryl methyl sites for hydroxylation is 1. The molecule has 3 rings (SSSR count). The van der Waals surface area contributed by atoms with Gasteiger partial charge in [0.1, 0.15) is 0 Å². The van der Waals surface area contributed by atoms with Crippen molar-refractivity contribution in [2.75, 3.05) is 13.2 Å². The smallest absolute Gasteiger partial charge is 0.256 e. The summed E-state index contributed by atoms with van der Waals surface area (Å²) in [5.41, 5.74) is 4.61. The Bertz CT molecular complexity index is 889. The van der Waals surface area contributed by atoms with Gasteiger partial charge in [-0.3, -0.25) is 9.78 Å². The van der Waals surface area contributed by atoms with Crippen LogP contribution in [0.1, 0.15) is 33.0 Å². The average Bonchev–Trinajstić information content (AvgIpc) is 2.97. The van der Waals surface area contributed by atoms with Crippen LogP contribution in [-0.2, 0) is 13.1 Å². The number of amides is 1. The molecule has 0 bridgehead atoms. The van der Waals surface area contributed by atoms with Crippen LogP contribution in [0.15, 0.2) is 60.8 Å². The van der Waals surface area contributed by atoms with E-state index in [0.717, 1.165) is 22.6 Å². The predicted octanol–water partition coefficient (Wildman–Crippen LogP) is 3.18. The highest BCUT2D eigenvalue weighted by atomic mass is 16.3. The van der Waals surface area contributed by atoms with Crippen molar-refractivity contribution in [3.05, 3.63) is 89.0 Å². The normalized spacial score (nSPS) is 10.8. The first-order valence-electron chi connectivity index (χ1n) is 9.11. The van der Waals surface area contributed by atoms with Gasteiger partial charge in [-0.25, -0.2) is 0 Å². The minimum absolute atomic E-state index is 0.0618. The monoisotopic (exact) mass is 363 g/mol. The zero-order valence-corrected chi connectivity index (χ0v) is 15.8. The molecule has 2 heterocycles. The van der Waals surface area contributed by atoms with Crippen molar-refractivity contribution >= 4 is 5.91 Å². The third kappa shape index (κ3) is 4.44. The molecular weight excluding hydrogens is 338 g/mol. The summed E-state index contributed by atoms with van der Waals surface area (Å²) in [6.07, 6.45) is 1.78. The van der Waals surface area contributed by atoms with Crippen LogP contribution >= 0.6 is 0 Å². The van der Waals surface area contributed by atoms with Gasteiger partial charge in [0, 0.05) is 30.7 Å². The molecule has 0 spiro atoms. The number of carbonyl (C=O) groups is 1. The molecule has 1 N–H and O–H groups in total. The molecule has 0 unspecified atom stereocenters. The van der Waals surface area contributed by atoms with Crippen molar-refractivity contribution in [1.29, 1.82) is 0 Å². The number of benzene rings is 1. The van der Waals surface area contributed by atoms with Crippen LogP contribution in [0.25, 0.3) is 0 Å². The van der Waals surface area contributed by atoms with Crippen LogP contribution in [0.5, 0.6) is 0 Å². The number of nitrogens with zero attached hydrogens (tertiary/aromatic N) is 3. The van der Waals surface area contributed by atoms with Crippen LogP contribution in [0.4, 0.5) is 0 Å². The van der Waals surface area contributed by atoms with E-state index in [1.54, 1.807) is 11.1 Å². The van der Waals surface area contributed by atoms with Gasteiger partial charge in [-0.05, 0) is 37.6 Å². The van der Waals surface area contributed by atoms with Gasteiger partial charge < -0.3 is 14.6 Å². The Hall–Kier alpha value is -2.92. The molecule has 0 aliphatic carbocycles. The number of pyridine rings is 1. The quantitative estimate of drug-likeness (QED) is 0.701. The van der Waals surface area contributed by atoms with E-state index >= 15 is 0 Å². The first-order chi connectivity index (χ1) is 13.1. The van der Waals surface area contributed by atoms with Gasteiger partial charge in [0.15, 0.2) is 0 Å². The van der Waals surface area contributed by atoms with Crippen molar-refractivity contribution < 1.29 is 9.90 Å². The molecule has 1 amide bonds. The summed E-state index contributed by atoms with van der Waals surface area (Å²) < 4.78 is 2.11.